The SMILES string of the molecule is Cc1nc(CNC2C3(C)CCC(C3)C2(C)C)cs1. The minimum absolute atomic E-state index is 0.443. The van der Waals surface area contributed by atoms with E-state index in [4.69, 9.17) is 0 Å². The van der Waals surface area contributed by atoms with Gasteiger partial charge in [-0.2, -0.15) is 0 Å². The second kappa shape index (κ2) is 4.04. The molecule has 0 aromatic carbocycles. The average molecular weight is 264 g/mol. The maximum Gasteiger partial charge on any atom is 0.0897 e. The Morgan fingerprint density at radius 1 is 1.44 bits per heavy atom. The molecule has 3 unspecified atom stereocenters. The third-order valence-corrected chi connectivity index (χ3v) is 6.25. The van der Waals surface area contributed by atoms with Gasteiger partial charge in [0.2, 0.25) is 0 Å². The van der Waals surface area contributed by atoms with Gasteiger partial charge >= 0.3 is 0 Å². The highest BCUT2D eigenvalue weighted by molar-refractivity contribution is 7.09. The molecule has 0 spiro atoms. The molecule has 2 fully saturated rings. The van der Waals surface area contributed by atoms with Gasteiger partial charge in [0, 0.05) is 18.0 Å². The number of aromatic nitrogens is 1. The summed E-state index contributed by atoms with van der Waals surface area (Å²) < 4.78 is 0. The minimum atomic E-state index is 0.443. The van der Waals surface area contributed by atoms with Crippen molar-refractivity contribution in [3.63, 3.8) is 0 Å². The number of hydrogen-bond acceptors (Lipinski definition) is 3. The van der Waals surface area contributed by atoms with Crippen molar-refractivity contribution in [1.29, 1.82) is 0 Å². The molecule has 2 nitrogen and oxygen atoms in total. The molecule has 2 aliphatic rings. The number of nitrogens with one attached hydrogen (secondary N) is 1. The van der Waals surface area contributed by atoms with Crippen molar-refractivity contribution in [2.45, 2.75) is 59.5 Å². The quantitative estimate of drug-likeness (QED) is 0.899. The molecule has 3 rings (SSSR count). The zero-order valence-electron chi connectivity index (χ0n) is 11.9. The molecule has 18 heavy (non-hydrogen) atoms. The number of fused-ring (bicyclic) bond motifs is 2. The summed E-state index contributed by atoms with van der Waals surface area (Å²) in [7, 11) is 0. The Kier molecular flexibility index (Phi) is 2.83. The van der Waals surface area contributed by atoms with Crippen LogP contribution < -0.4 is 5.32 Å². The van der Waals surface area contributed by atoms with E-state index in [2.05, 4.69) is 43.4 Å². The third kappa shape index (κ3) is 1.83. The van der Waals surface area contributed by atoms with E-state index in [0.29, 0.717) is 16.9 Å². The van der Waals surface area contributed by atoms with Gasteiger partial charge in [-0.3, -0.25) is 0 Å². The van der Waals surface area contributed by atoms with Crippen LogP contribution in [0.15, 0.2) is 5.38 Å². The molecule has 2 bridgehead atoms. The second-order valence-corrected chi connectivity index (χ2v) is 8.15. The lowest BCUT2D eigenvalue weighted by molar-refractivity contribution is 0.108. The first-order valence-corrected chi connectivity index (χ1v) is 7.94. The highest BCUT2D eigenvalue weighted by Crippen LogP contribution is 2.62. The number of aryl methyl sites for hydroxylation is 1. The van der Waals surface area contributed by atoms with Crippen LogP contribution in [0.4, 0.5) is 0 Å². The van der Waals surface area contributed by atoms with Crippen LogP contribution >= 0.6 is 11.3 Å². The molecular weight excluding hydrogens is 240 g/mol. The lowest BCUT2D eigenvalue weighted by atomic mass is 9.68. The Morgan fingerprint density at radius 2 is 2.22 bits per heavy atom. The Labute approximate surface area is 114 Å². The van der Waals surface area contributed by atoms with Gasteiger partial charge < -0.3 is 5.32 Å². The average Bonchev–Trinajstić information content (AvgIpc) is 2.89. The highest BCUT2D eigenvalue weighted by Gasteiger charge is 2.58. The van der Waals surface area contributed by atoms with Crippen molar-refractivity contribution >= 4 is 11.3 Å². The molecule has 0 saturated heterocycles. The van der Waals surface area contributed by atoms with E-state index in [-0.39, 0.29) is 0 Å². The monoisotopic (exact) mass is 264 g/mol. The van der Waals surface area contributed by atoms with Crippen molar-refractivity contribution in [1.82, 2.24) is 10.3 Å². The van der Waals surface area contributed by atoms with Crippen LogP contribution in [0.5, 0.6) is 0 Å². The maximum absolute atomic E-state index is 4.56. The molecule has 0 aliphatic heterocycles. The molecule has 0 radical (unpaired) electrons. The van der Waals surface area contributed by atoms with Crippen LogP contribution in [-0.2, 0) is 6.54 Å². The van der Waals surface area contributed by atoms with Crippen molar-refractivity contribution in [3.8, 4) is 0 Å². The van der Waals surface area contributed by atoms with E-state index < -0.39 is 0 Å². The van der Waals surface area contributed by atoms with Gasteiger partial charge in [-0.25, -0.2) is 4.98 Å². The largest absolute Gasteiger partial charge is 0.307 e. The van der Waals surface area contributed by atoms with Crippen LogP contribution in [-0.4, -0.2) is 11.0 Å². The minimum Gasteiger partial charge on any atom is -0.307 e. The van der Waals surface area contributed by atoms with Gasteiger partial charge in [-0.1, -0.05) is 20.8 Å². The molecule has 100 valence electrons. The van der Waals surface area contributed by atoms with Crippen LogP contribution in [0.25, 0.3) is 0 Å². The van der Waals surface area contributed by atoms with Crippen molar-refractivity contribution in [3.05, 3.63) is 16.1 Å². The summed E-state index contributed by atoms with van der Waals surface area (Å²) in [6.07, 6.45) is 4.24. The van der Waals surface area contributed by atoms with E-state index in [1.54, 1.807) is 11.3 Å². The Morgan fingerprint density at radius 3 is 2.78 bits per heavy atom. The smallest absolute Gasteiger partial charge is 0.0897 e. The first kappa shape index (κ1) is 12.6. The Hall–Kier alpha value is -0.410. The highest BCUT2D eigenvalue weighted by atomic mass is 32.1. The van der Waals surface area contributed by atoms with Gasteiger partial charge in [0.05, 0.1) is 10.7 Å². The fourth-order valence-electron chi connectivity index (χ4n) is 4.51. The van der Waals surface area contributed by atoms with Crippen molar-refractivity contribution in [2.24, 2.45) is 16.7 Å². The summed E-state index contributed by atoms with van der Waals surface area (Å²) in [6, 6.07) is 0.644. The first-order chi connectivity index (χ1) is 8.42. The first-order valence-electron chi connectivity index (χ1n) is 7.06. The summed E-state index contributed by atoms with van der Waals surface area (Å²) in [5.41, 5.74) is 2.16. The van der Waals surface area contributed by atoms with E-state index in [0.717, 1.165) is 12.5 Å². The van der Waals surface area contributed by atoms with Crippen LogP contribution in [0.1, 0.15) is 50.7 Å². The van der Waals surface area contributed by atoms with Crippen LogP contribution in [0, 0.1) is 23.7 Å². The van der Waals surface area contributed by atoms with Gasteiger partial charge in [0.1, 0.15) is 0 Å². The lowest BCUT2D eigenvalue weighted by Crippen LogP contribution is -2.49. The zero-order valence-corrected chi connectivity index (χ0v) is 12.7. The predicted octanol–water partition coefficient (Wildman–Crippen LogP) is 3.76. The van der Waals surface area contributed by atoms with E-state index in [9.17, 15) is 0 Å². The molecule has 1 heterocycles. The summed E-state index contributed by atoms with van der Waals surface area (Å²) in [5.74, 6) is 0.914. The van der Waals surface area contributed by atoms with Gasteiger partial charge in [-0.05, 0) is 42.9 Å². The molecule has 2 aliphatic carbocycles. The standard InChI is InChI=1S/C15H24N2S/c1-10-17-12(9-18-10)8-16-13-14(2,3)11-5-6-15(13,4)7-11/h9,11,13,16H,5-8H2,1-4H3. The fraction of sp³-hybridized carbons (Fsp3) is 0.800. The Bertz CT molecular complexity index is 446. The molecule has 1 N–H and O–H groups in total. The van der Waals surface area contributed by atoms with Crippen molar-refractivity contribution < 1.29 is 0 Å². The van der Waals surface area contributed by atoms with E-state index in [1.807, 2.05) is 0 Å². The van der Waals surface area contributed by atoms with Crippen molar-refractivity contribution in [2.75, 3.05) is 0 Å². The molecule has 3 heteroatoms. The number of nitrogens with zero attached hydrogens (tertiary/aromatic N) is 1. The van der Waals surface area contributed by atoms with Crippen LogP contribution in [0.3, 0.4) is 0 Å². The predicted molar refractivity (Wildman–Crippen MR) is 76.7 cm³/mol. The summed E-state index contributed by atoms with van der Waals surface area (Å²) in [6.45, 7) is 10.4. The topological polar surface area (TPSA) is 24.9 Å². The zero-order chi connectivity index (χ0) is 13.0. The molecule has 3 atom stereocenters. The van der Waals surface area contributed by atoms with E-state index in [1.165, 1.54) is 30.0 Å². The Balaban J connectivity index is 1.72. The molecule has 1 aromatic heterocycles. The summed E-state index contributed by atoms with van der Waals surface area (Å²) in [4.78, 5) is 4.56. The van der Waals surface area contributed by atoms with Gasteiger partial charge in [0.15, 0.2) is 0 Å². The van der Waals surface area contributed by atoms with Gasteiger partial charge in [0.25, 0.3) is 0 Å². The molecule has 2 saturated carbocycles. The lowest BCUT2D eigenvalue weighted by Gasteiger charge is -2.43. The number of rotatable bonds is 3. The summed E-state index contributed by atoms with van der Waals surface area (Å²) >= 11 is 1.75. The maximum atomic E-state index is 4.56. The number of hydrogen-bond donors (Lipinski definition) is 1. The number of thiazole rings is 1. The third-order valence-electron chi connectivity index (χ3n) is 5.42. The molecule has 0 amide bonds. The molecule has 1 aromatic rings. The van der Waals surface area contributed by atoms with Gasteiger partial charge in [-0.15, -0.1) is 11.3 Å². The fourth-order valence-corrected chi connectivity index (χ4v) is 5.12. The normalized spacial score (nSPS) is 37.3. The van der Waals surface area contributed by atoms with E-state index >= 15 is 0 Å². The van der Waals surface area contributed by atoms with Crippen LogP contribution in [0.2, 0.25) is 0 Å². The molecular formula is C15H24N2S. The second-order valence-electron chi connectivity index (χ2n) is 7.09. The summed E-state index contributed by atoms with van der Waals surface area (Å²) in [5, 5.41) is 7.17.